The molecule has 0 radical (unpaired) electrons. The number of nitrogen functional groups attached to an aromatic ring is 1. The summed E-state index contributed by atoms with van der Waals surface area (Å²) in [5.74, 6) is -0.0856. The number of nitrogens with two attached hydrogens (primary N) is 1. The van der Waals surface area contributed by atoms with Gasteiger partial charge in [-0.1, -0.05) is 19.8 Å². The van der Waals surface area contributed by atoms with E-state index in [1.54, 1.807) is 19.1 Å². The van der Waals surface area contributed by atoms with Gasteiger partial charge in [-0.3, -0.25) is 4.79 Å². The quantitative estimate of drug-likeness (QED) is 0.491. The number of aliphatic hydroxyl groups is 2. The molecular formula is C18H24N4O5. The van der Waals surface area contributed by atoms with Crippen LogP contribution in [0.3, 0.4) is 0 Å². The average Bonchev–Trinajstić information content (AvgIpc) is 2.96. The van der Waals surface area contributed by atoms with Gasteiger partial charge in [-0.05, 0) is 25.5 Å². The van der Waals surface area contributed by atoms with Crippen LogP contribution in [0.4, 0.5) is 5.82 Å². The zero-order valence-electron chi connectivity index (χ0n) is 15.3. The van der Waals surface area contributed by atoms with E-state index in [9.17, 15) is 15.0 Å². The number of carbonyl (C=O) groups is 1. The Morgan fingerprint density at radius 1 is 1.44 bits per heavy atom. The normalized spacial score (nSPS) is 34.6. The second-order valence-corrected chi connectivity index (χ2v) is 7.46. The van der Waals surface area contributed by atoms with E-state index in [0.29, 0.717) is 23.4 Å². The molecule has 2 aromatic rings. The molecule has 1 aliphatic carbocycles. The highest BCUT2D eigenvalue weighted by atomic mass is 16.6. The van der Waals surface area contributed by atoms with Crippen molar-refractivity contribution in [2.24, 2.45) is 0 Å². The first-order chi connectivity index (χ1) is 12.8. The van der Waals surface area contributed by atoms with Crippen molar-refractivity contribution >= 4 is 17.3 Å². The van der Waals surface area contributed by atoms with Crippen LogP contribution in [0.1, 0.15) is 45.2 Å². The van der Waals surface area contributed by atoms with Crippen LogP contribution in [0.25, 0.3) is 5.52 Å². The molecule has 1 saturated heterocycles. The van der Waals surface area contributed by atoms with Gasteiger partial charge in [0.25, 0.3) is 0 Å². The van der Waals surface area contributed by atoms with Gasteiger partial charge >= 0.3 is 5.97 Å². The van der Waals surface area contributed by atoms with Crippen LogP contribution in [-0.2, 0) is 19.9 Å². The van der Waals surface area contributed by atoms with Gasteiger partial charge in [-0.25, -0.2) is 9.50 Å². The maximum Gasteiger partial charge on any atom is 0.306 e. The number of aromatic nitrogens is 3. The third kappa shape index (κ3) is 2.53. The molecule has 2 aromatic heterocycles. The van der Waals surface area contributed by atoms with Gasteiger partial charge in [0, 0.05) is 6.42 Å². The first-order valence-electron chi connectivity index (χ1n) is 9.20. The summed E-state index contributed by atoms with van der Waals surface area (Å²) >= 11 is 0. The minimum absolute atomic E-state index is 0.292. The number of rotatable bonds is 6. The van der Waals surface area contributed by atoms with Crippen LogP contribution in [0.15, 0.2) is 18.5 Å². The summed E-state index contributed by atoms with van der Waals surface area (Å²) in [4.78, 5) is 15.9. The number of anilines is 1. The molecule has 1 saturated carbocycles. The lowest BCUT2D eigenvalue weighted by Gasteiger charge is -2.32. The number of esters is 1. The molecule has 5 atom stereocenters. The molecule has 1 aliphatic heterocycles. The molecule has 0 spiro atoms. The Hall–Kier alpha value is -2.23. The van der Waals surface area contributed by atoms with E-state index >= 15 is 0 Å². The Labute approximate surface area is 156 Å². The number of unbranched alkanes of at least 4 members (excludes halogenated alkanes) is 2. The van der Waals surface area contributed by atoms with Crippen LogP contribution < -0.4 is 5.73 Å². The van der Waals surface area contributed by atoms with Crippen LogP contribution >= 0.6 is 0 Å². The molecule has 27 heavy (non-hydrogen) atoms. The fourth-order valence-corrected chi connectivity index (χ4v) is 3.97. The molecule has 4 rings (SSSR count). The van der Waals surface area contributed by atoms with Crippen molar-refractivity contribution in [1.82, 2.24) is 14.6 Å². The summed E-state index contributed by atoms with van der Waals surface area (Å²) in [6.07, 6.45) is 1.35. The van der Waals surface area contributed by atoms with Crippen molar-refractivity contribution in [3.8, 4) is 0 Å². The highest BCUT2D eigenvalue weighted by Crippen LogP contribution is 2.59. The fraction of sp³-hybridized carbons (Fsp3) is 0.611. The summed E-state index contributed by atoms with van der Waals surface area (Å²) in [6.45, 7) is 3.72. The van der Waals surface area contributed by atoms with Crippen molar-refractivity contribution < 1.29 is 24.5 Å². The average molecular weight is 376 g/mol. The summed E-state index contributed by atoms with van der Waals surface area (Å²) in [6, 6.07) is 3.45. The highest BCUT2D eigenvalue weighted by Gasteiger charge is 2.82. The van der Waals surface area contributed by atoms with Gasteiger partial charge in [-0.15, -0.1) is 0 Å². The third-order valence-corrected chi connectivity index (χ3v) is 5.64. The lowest BCUT2D eigenvalue weighted by Crippen LogP contribution is -2.46. The van der Waals surface area contributed by atoms with E-state index in [0.717, 1.165) is 19.3 Å². The van der Waals surface area contributed by atoms with E-state index in [-0.39, 0.29) is 5.97 Å². The van der Waals surface area contributed by atoms with Gasteiger partial charge in [0.1, 0.15) is 29.7 Å². The van der Waals surface area contributed by atoms with Crippen LogP contribution in [0, 0.1) is 0 Å². The van der Waals surface area contributed by atoms with Crippen molar-refractivity contribution in [2.75, 3.05) is 5.73 Å². The highest BCUT2D eigenvalue weighted by molar-refractivity contribution is 5.70. The molecule has 0 bridgehead atoms. The maximum absolute atomic E-state index is 11.9. The molecule has 0 amide bonds. The van der Waals surface area contributed by atoms with Gasteiger partial charge in [0.05, 0.1) is 5.69 Å². The van der Waals surface area contributed by atoms with E-state index in [1.807, 2.05) is 6.92 Å². The number of ether oxygens (including phenoxy) is 2. The van der Waals surface area contributed by atoms with Crippen LogP contribution in [-0.4, -0.2) is 54.7 Å². The number of fused-ring (bicyclic) bond motifs is 2. The van der Waals surface area contributed by atoms with E-state index in [1.165, 1.54) is 10.8 Å². The SMILES string of the molecule is CCCCCC(=O)OC1[C@H]2O[C@@](C)(c3ccc4c(N)ncnn34)[C@H](O)[C@@]12O. The Kier molecular flexibility index (Phi) is 4.13. The van der Waals surface area contributed by atoms with Crippen molar-refractivity contribution in [3.05, 3.63) is 24.2 Å². The standard InChI is InChI=1S/C18H24N4O5/c1-3-4-5-6-12(23)26-13-14-18(13,25)16(24)17(2,27-14)11-8-7-10-15(19)20-9-21-22(10)11/h7-9,13-14,16,24-25H,3-6H2,1-2H3,(H2,19,20,21)/t13?,14-,16+,17+,18-/m1/s1. The number of hydrogen-bond acceptors (Lipinski definition) is 8. The van der Waals surface area contributed by atoms with Gasteiger partial charge in [-0.2, -0.15) is 5.10 Å². The minimum Gasteiger partial charge on any atom is -0.456 e. The number of nitrogens with zero attached hydrogens (tertiary/aromatic N) is 3. The zero-order valence-corrected chi connectivity index (χ0v) is 15.3. The van der Waals surface area contributed by atoms with E-state index in [2.05, 4.69) is 10.1 Å². The first kappa shape index (κ1) is 18.1. The fourth-order valence-electron chi connectivity index (χ4n) is 3.97. The Morgan fingerprint density at radius 2 is 2.22 bits per heavy atom. The predicted octanol–water partition coefficient (Wildman–Crippen LogP) is 0.523. The maximum atomic E-state index is 11.9. The molecule has 9 heteroatoms. The zero-order chi connectivity index (χ0) is 19.4. The van der Waals surface area contributed by atoms with E-state index < -0.39 is 29.5 Å². The predicted molar refractivity (Wildman–Crippen MR) is 94.6 cm³/mol. The van der Waals surface area contributed by atoms with Crippen LogP contribution in [0.5, 0.6) is 0 Å². The molecule has 0 aromatic carbocycles. The first-order valence-corrected chi connectivity index (χ1v) is 9.20. The van der Waals surface area contributed by atoms with Crippen LogP contribution in [0.2, 0.25) is 0 Å². The van der Waals surface area contributed by atoms with Gasteiger partial charge < -0.3 is 25.4 Å². The summed E-state index contributed by atoms with van der Waals surface area (Å²) in [7, 11) is 0. The smallest absolute Gasteiger partial charge is 0.306 e. The summed E-state index contributed by atoms with van der Waals surface area (Å²) in [5.41, 5.74) is 4.12. The summed E-state index contributed by atoms with van der Waals surface area (Å²) in [5, 5.41) is 25.9. The van der Waals surface area contributed by atoms with Gasteiger partial charge in [0.15, 0.2) is 17.5 Å². The molecule has 1 unspecified atom stereocenters. The Morgan fingerprint density at radius 3 is 2.89 bits per heavy atom. The topological polar surface area (TPSA) is 132 Å². The summed E-state index contributed by atoms with van der Waals surface area (Å²) < 4.78 is 12.8. The number of carbonyl (C=O) groups excluding carboxylic acids is 1. The Bertz CT molecular complexity index is 886. The van der Waals surface area contributed by atoms with E-state index in [4.69, 9.17) is 15.2 Å². The third-order valence-electron chi connectivity index (χ3n) is 5.64. The largest absolute Gasteiger partial charge is 0.456 e. The monoisotopic (exact) mass is 376 g/mol. The molecule has 2 aliphatic rings. The molecule has 2 fully saturated rings. The molecule has 9 nitrogen and oxygen atoms in total. The second-order valence-electron chi connectivity index (χ2n) is 7.46. The molecular weight excluding hydrogens is 352 g/mol. The number of aliphatic hydroxyl groups excluding tert-OH is 1. The van der Waals surface area contributed by atoms with Crippen molar-refractivity contribution in [1.29, 1.82) is 0 Å². The van der Waals surface area contributed by atoms with Crippen molar-refractivity contribution in [3.63, 3.8) is 0 Å². The lowest BCUT2D eigenvalue weighted by molar-refractivity contribution is -0.164. The molecule has 146 valence electrons. The lowest BCUT2D eigenvalue weighted by atomic mass is 9.91. The Balaban J connectivity index is 1.52. The van der Waals surface area contributed by atoms with Gasteiger partial charge in [0.2, 0.25) is 0 Å². The molecule has 3 heterocycles. The van der Waals surface area contributed by atoms with Crippen molar-refractivity contribution in [2.45, 2.75) is 69.0 Å². The minimum atomic E-state index is -1.63. The number of hydrogen-bond donors (Lipinski definition) is 3. The molecule has 4 N–H and O–H groups in total. The second kappa shape index (κ2) is 6.15.